The molecule has 3 aromatic heterocycles. The molecule has 0 amide bonds. The highest BCUT2D eigenvalue weighted by Crippen LogP contribution is 2.35. The number of hydrogen-bond donors (Lipinski definition) is 1. The van der Waals surface area contributed by atoms with Crippen molar-refractivity contribution in [2.24, 2.45) is 0 Å². The topological polar surface area (TPSA) is 106 Å². The fourth-order valence-electron chi connectivity index (χ4n) is 3.09. The molecule has 154 valence electrons. The predicted molar refractivity (Wildman–Crippen MR) is 96.0 cm³/mol. The van der Waals surface area contributed by atoms with Crippen molar-refractivity contribution in [2.75, 3.05) is 18.1 Å². The van der Waals surface area contributed by atoms with Gasteiger partial charge in [0.25, 0.3) is 0 Å². The Bertz CT molecular complexity index is 1080. The van der Waals surface area contributed by atoms with Gasteiger partial charge in [-0.1, -0.05) is 0 Å². The fraction of sp³-hybridized carbons (Fsp3) is 0.438. The highest BCUT2D eigenvalue weighted by molar-refractivity contribution is 7.18. The average Bonchev–Trinajstić information content (AvgIpc) is 3.22. The van der Waals surface area contributed by atoms with E-state index in [2.05, 4.69) is 20.2 Å². The summed E-state index contributed by atoms with van der Waals surface area (Å²) in [5, 5.41) is 16.5. The lowest BCUT2D eigenvalue weighted by Gasteiger charge is -2.29. The number of halogens is 3. The molecule has 13 heteroatoms. The molecule has 0 atom stereocenters. The van der Waals surface area contributed by atoms with Gasteiger partial charge < -0.3 is 19.3 Å². The van der Waals surface area contributed by atoms with Crippen LogP contribution < -0.4 is 9.64 Å². The number of rotatable bonds is 5. The number of aliphatic carboxylic acids is 1. The second-order valence-electron chi connectivity index (χ2n) is 6.41. The maximum absolute atomic E-state index is 13.1. The summed E-state index contributed by atoms with van der Waals surface area (Å²) in [7, 11) is 0. The Morgan fingerprint density at radius 1 is 1.31 bits per heavy atom. The average molecular weight is 428 g/mol. The fourth-order valence-corrected chi connectivity index (χ4v) is 3.96. The number of ether oxygens (including phenoxy) is 1. The Morgan fingerprint density at radius 3 is 2.83 bits per heavy atom. The Kier molecular flexibility index (Phi) is 4.76. The first-order valence-electron chi connectivity index (χ1n) is 8.59. The number of hydrogen-bond acceptors (Lipinski definition) is 8. The van der Waals surface area contributed by atoms with Crippen LogP contribution in [0.3, 0.4) is 0 Å². The minimum Gasteiger partial charge on any atom is -0.481 e. The summed E-state index contributed by atoms with van der Waals surface area (Å²) in [4.78, 5) is 22.8. The molecular formula is C16H15F3N6O3S. The number of thiophene rings is 1. The van der Waals surface area contributed by atoms with Gasteiger partial charge in [0.05, 0.1) is 18.4 Å². The Labute approximate surface area is 165 Å². The van der Waals surface area contributed by atoms with E-state index >= 15 is 0 Å². The van der Waals surface area contributed by atoms with Gasteiger partial charge in [-0.3, -0.25) is 4.79 Å². The molecule has 0 saturated heterocycles. The van der Waals surface area contributed by atoms with Crippen LogP contribution in [0.25, 0.3) is 10.2 Å². The van der Waals surface area contributed by atoms with Crippen molar-refractivity contribution in [2.45, 2.75) is 32.6 Å². The van der Waals surface area contributed by atoms with Gasteiger partial charge in [-0.05, 0) is 13.0 Å². The molecule has 0 saturated carbocycles. The van der Waals surface area contributed by atoms with Crippen molar-refractivity contribution < 1.29 is 27.8 Å². The van der Waals surface area contributed by atoms with Crippen LogP contribution >= 0.6 is 11.3 Å². The zero-order chi connectivity index (χ0) is 20.8. The summed E-state index contributed by atoms with van der Waals surface area (Å²) in [6.45, 7) is 2.24. The molecular weight excluding hydrogens is 413 g/mol. The third-order valence-corrected chi connectivity index (χ3v) is 5.27. The van der Waals surface area contributed by atoms with Crippen LogP contribution in [0.15, 0.2) is 6.07 Å². The number of aromatic nitrogens is 5. The molecule has 9 nitrogen and oxygen atoms in total. The molecule has 0 radical (unpaired) electrons. The summed E-state index contributed by atoms with van der Waals surface area (Å²) in [5.41, 5.74) is 0. The Hall–Kier alpha value is -2.96. The zero-order valence-electron chi connectivity index (χ0n) is 15.1. The van der Waals surface area contributed by atoms with Crippen molar-refractivity contribution in [3.8, 4) is 6.01 Å². The lowest BCUT2D eigenvalue weighted by Crippen LogP contribution is -2.36. The van der Waals surface area contributed by atoms with E-state index in [0.29, 0.717) is 10.6 Å². The Balaban J connectivity index is 1.66. The van der Waals surface area contributed by atoms with Crippen molar-refractivity contribution in [3.63, 3.8) is 0 Å². The van der Waals surface area contributed by atoms with Gasteiger partial charge in [0.1, 0.15) is 17.3 Å². The summed E-state index contributed by atoms with van der Waals surface area (Å²) in [6, 6.07) is 1.93. The van der Waals surface area contributed by atoms with Crippen molar-refractivity contribution in [1.82, 2.24) is 24.7 Å². The van der Waals surface area contributed by atoms with Crippen LogP contribution in [-0.2, 0) is 24.1 Å². The van der Waals surface area contributed by atoms with Crippen LogP contribution in [0.2, 0.25) is 0 Å². The lowest BCUT2D eigenvalue weighted by molar-refractivity contribution is -0.147. The van der Waals surface area contributed by atoms with Gasteiger partial charge in [0.2, 0.25) is 5.82 Å². The van der Waals surface area contributed by atoms with E-state index in [4.69, 9.17) is 9.84 Å². The normalized spacial score (nSPS) is 14.3. The van der Waals surface area contributed by atoms with Gasteiger partial charge in [0.15, 0.2) is 5.82 Å². The minimum absolute atomic E-state index is 0.0265. The molecule has 3 aromatic rings. The number of carbonyl (C=O) groups is 1. The van der Waals surface area contributed by atoms with Crippen molar-refractivity contribution in [1.29, 1.82) is 0 Å². The highest BCUT2D eigenvalue weighted by Gasteiger charge is 2.39. The van der Waals surface area contributed by atoms with Gasteiger partial charge in [-0.2, -0.15) is 23.1 Å². The van der Waals surface area contributed by atoms with Crippen LogP contribution in [0.4, 0.5) is 19.0 Å². The van der Waals surface area contributed by atoms with Gasteiger partial charge in [-0.25, -0.2) is 0 Å². The number of aryl methyl sites for hydroxylation is 1. The molecule has 0 fully saturated rings. The monoisotopic (exact) mass is 428 g/mol. The van der Waals surface area contributed by atoms with Crippen LogP contribution in [0, 0.1) is 6.92 Å². The second kappa shape index (κ2) is 7.13. The van der Waals surface area contributed by atoms with Crippen molar-refractivity contribution in [3.05, 3.63) is 22.6 Å². The molecule has 4 heterocycles. The van der Waals surface area contributed by atoms with Gasteiger partial charge >= 0.3 is 18.2 Å². The van der Waals surface area contributed by atoms with E-state index in [1.807, 2.05) is 13.0 Å². The first-order chi connectivity index (χ1) is 13.7. The molecule has 29 heavy (non-hydrogen) atoms. The first-order valence-corrected chi connectivity index (χ1v) is 9.41. The molecule has 0 aromatic carbocycles. The highest BCUT2D eigenvalue weighted by atomic mass is 32.1. The second-order valence-corrected chi connectivity index (χ2v) is 7.64. The van der Waals surface area contributed by atoms with E-state index in [1.54, 1.807) is 4.90 Å². The first kappa shape index (κ1) is 19.4. The van der Waals surface area contributed by atoms with Gasteiger partial charge in [-0.15, -0.1) is 21.5 Å². The van der Waals surface area contributed by atoms with E-state index in [1.165, 1.54) is 11.3 Å². The Morgan fingerprint density at radius 2 is 2.10 bits per heavy atom. The molecule has 0 bridgehead atoms. The summed E-state index contributed by atoms with van der Waals surface area (Å²) in [5.74, 6) is -1.32. The third kappa shape index (κ3) is 3.81. The number of fused-ring (bicyclic) bond motifs is 2. The molecule has 1 aliphatic rings. The van der Waals surface area contributed by atoms with E-state index < -0.39 is 18.0 Å². The SMILES string of the molecule is Cc1cc2c(N3CCn4c(nnc4C(F)(F)F)C3)nc(OCCC(=O)O)nc2s1. The number of alkyl halides is 3. The number of carboxylic acids is 1. The van der Waals surface area contributed by atoms with Crippen molar-refractivity contribution >= 4 is 33.3 Å². The van der Waals surface area contributed by atoms with E-state index in [0.717, 1.165) is 14.8 Å². The van der Waals surface area contributed by atoms with E-state index in [-0.39, 0.29) is 44.5 Å². The maximum Gasteiger partial charge on any atom is 0.451 e. The summed E-state index contributed by atoms with van der Waals surface area (Å²) in [6.07, 6.45) is -4.77. The smallest absolute Gasteiger partial charge is 0.451 e. The molecule has 0 aliphatic carbocycles. The summed E-state index contributed by atoms with van der Waals surface area (Å²) < 4.78 is 45.6. The zero-order valence-corrected chi connectivity index (χ0v) is 15.9. The van der Waals surface area contributed by atoms with Crippen LogP contribution in [0.5, 0.6) is 6.01 Å². The molecule has 1 N–H and O–H groups in total. The quantitative estimate of drug-likeness (QED) is 0.661. The number of carboxylic acid groups (broad SMARTS) is 1. The van der Waals surface area contributed by atoms with Crippen LogP contribution in [0.1, 0.15) is 22.9 Å². The molecule has 0 spiro atoms. The number of nitrogens with zero attached hydrogens (tertiary/aromatic N) is 6. The maximum atomic E-state index is 13.1. The van der Waals surface area contributed by atoms with Gasteiger partial charge in [0, 0.05) is 18.0 Å². The summed E-state index contributed by atoms with van der Waals surface area (Å²) >= 11 is 1.42. The largest absolute Gasteiger partial charge is 0.481 e. The molecule has 0 unspecified atom stereocenters. The predicted octanol–water partition coefficient (Wildman–Crippen LogP) is 2.48. The molecule has 1 aliphatic heterocycles. The minimum atomic E-state index is -4.56. The third-order valence-electron chi connectivity index (χ3n) is 4.33. The molecule has 4 rings (SSSR count). The standard InChI is InChI=1S/C16H15F3N6O3S/c1-8-6-9-12(20-15(21-13(9)29-8)28-5-2-11(26)27)24-3-4-25-10(7-24)22-23-14(25)16(17,18)19/h6H,2-5,7H2,1H3,(H,26,27). The lowest BCUT2D eigenvalue weighted by atomic mass is 10.3. The number of anilines is 1. The van der Waals surface area contributed by atoms with Crippen LogP contribution in [-0.4, -0.2) is 49.0 Å². The van der Waals surface area contributed by atoms with E-state index in [9.17, 15) is 18.0 Å².